The van der Waals surface area contributed by atoms with Crippen molar-refractivity contribution in [2.45, 2.75) is 25.1 Å². The van der Waals surface area contributed by atoms with Crippen molar-refractivity contribution in [2.75, 3.05) is 18.0 Å². The molecule has 0 N–H and O–H groups in total. The number of hydrogen-bond acceptors (Lipinski definition) is 5. The van der Waals surface area contributed by atoms with Crippen LogP contribution in [-0.2, 0) is 0 Å². The zero-order chi connectivity index (χ0) is 17.9. The maximum absolute atomic E-state index is 12.2. The topological polar surface area (TPSA) is 55.3 Å². The Morgan fingerprint density at radius 2 is 1.68 bits per heavy atom. The fourth-order valence-corrected chi connectivity index (χ4v) is 2.91. The molecule has 0 unspecified atom stereocenters. The summed E-state index contributed by atoms with van der Waals surface area (Å²) < 4.78 is 40.5. The average Bonchev–Trinajstić information content (AvgIpc) is 2.61. The van der Waals surface area contributed by atoms with E-state index in [1.54, 1.807) is 12.1 Å². The van der Waals surface area contributed by atoms with Crippen LogP contribution in [-0.4, -0.2) is 35.7 Å². The van der Waals surface area contributed by atoms with Crippen LogP contribution < -0.4 is 9.64 Å². The van der Waals surface area contributed by atoms with Gasteiger partial charge in [-0.25, -0.2) is 9.97 Å². The number of carbonyl (C=O) groups is 1. The standard InChI is InChI=1S/C17H16F3N3O2/c18-17(19,20)25-15-3-1-13(2-4-15)14-5-7-23(8-6-14)16-21-9-12(11-24)10-22-16/h1-4,9-11,14H,5-8H2. The van der Waals surface area contributed by atoms with E-state index in [9.17, 15) is 18.0 Å². The highest BCUT2D eigenvalue weighted by Gasteiger charge is 2.31. The van der Waals surface area contributed by atoms with Crippen molar-refractivity contribution in [3.05, 3.63) is 47.8 Å². The van der Waals surface area contributed by atoms with Crippen LogP contribution in [0.1, 0.15) is 34.7 Å². The van der Waals surface area contributed by atoms with Crippen LogP contribution in [0.4, 0.5) is 19.1 Å². The van der Waals surface area contributed by atoms with Gasteiger partial charge in [-0.05, 0) is 36.5 Å². The van der Waals surface area contributed by atoms with Crippen LogP contribution in [0.5, 0.6) is 5.75 Å². The molecular weight excluding hydrogens is 335 g/mol. The molecular formula is C17H16F3N3O2. The summed E-state index contributed by atoms with van der Waals surface area (Å²) in [6.07, 6.45) is 0.687. The lowest BCUT2D eigenvalue weighted by molar-refractivity contribution is -0.274. The lowest BCUT2D eigenvalue weighted by Gasteiger charge is -2.32. The predicted molar refractivity (Wildman–Crippen MR) is 84.7 cm³/mol. The number of rotatable bonds is 4. The third-order valence-corrected chi connectivity index (χ3v) is 4.16. The molecule has 3 rings (SSSR count). The van der Waals surface area contributed by atoms with Crippen molar-refractivity contribution < 1.29 is 22.7 Å². The third-order valence-electron chi connectivity index (χ3n) is 4.16. The van der Waals surface area contributed by atoms with E-state index in [0.717, 1.165) is 31.5 Å². The molecule has 25 heavy (non-hydrogen) atoms. The van der Waals surface area contributed by atoms with Crippen LogP contribution in [0.25, 0.3) is 0 Å². The van der Waals surface area contributed by atoms with E-state index in [0.29, 0.717) is 17.8 Å². The molecule has 5 nitrogen and oxygen atoms in total. The zero-order valence-corrected chi connectivity index (χ0v) is 13.2. The van der Waals surface area contributed by atoms with Crippen LogP contribution in [0.2, 0.25) is 0 Å². The summed E-state index contributed by atoms with van der Waals surface area (Å²) in [7, 11) is 0. The van der Waals surface area contributed by atoms with Gasteiger partial charge in [0.2, 0.25) is 5.95 Å². The maximum Gasteiger partial charge on any atom is 0.573 e. The van der Waals surface area contributed by atoms with Crippen molar-refractivity contribution in [1.82, 2.24) is 9.97 Å². The first-order valence-corrected chi connectivity index (χ1v) is 7.82. The summed E-state index contributed by atoms with van der Waals surface area (Å²) in [5.74, 6) is 0.640. The van der Waals surface area contributed by atoms with Gasteiger partial charge >= 0.3 is 6.36 Å². The van der Waals surface area contributed by atoms with Gasteiger partial charge < -0.3 is 9.64 Å². The second kappa shape index (κ2) is 7.08. The number of carbonyl (C=O) groups excluding carboxylic acids is 1. The van der Waals surface area contributed by atoms with Crippen LogP contribution >= 0.6 is 0 Å². The Labute approximate surface area is 142 Å². The molecule has 1 aromatic carbocycles. The van der Waals surface area contributed by atoms with Gasteiger partial charge in [0.15, 0.2) is 6.29 Å². The lowest BCUT2D eigenvalue weighted by atomic mass is 9.89. The van der Waals surface area contributed by atoms with E-state index in [1.165, 1.54) is 24.5 Å². The fourth-order valence-electron chi connectivity index (χ4n) is 2.91. The van der Waals surface area contributed by atoms with Crippen LogP contribution in [0.15, 0.2) is 36.7 Å². The van der Waals surface area contributed by atoms with E-state index >= 15 is 0 Å². The Morgan fingerprint density at radius 1 is 1.08 bits per heavy atom. The minimum Gasteiger partial charge on any atom is -0.406 e. The Bertz CT molecular complexity index is 709. The summed E-state index contributed by atoms with van der Waals surface area (Å²) in [5.41, 5.74) is 1.42. The van der Waals surface area contributed by atoms with Gasteiger partial charge in [-0.3, -0.25) is 4.79 Å². The molecule has 132 valence electrons. The van der Waals surface area contributed by atoms with Gasteiger partial charge in [0, 0.05) is 25.5 Å². The number of ether oxygens (including phenoxy) is 1. The number of piperidine rings is 1. The molecule has 1 aliphatic heterocycles. The number of halogens is 3. The first-order valence-electron chi connectivity index (χ1n) is 7.82. The molecule has 0 atom stereocenters. The van der Waals surface area contributed by atoms with Crippen molar-refractivity contribution in [3.8, 4) is 5.75 Å². The average molecular weight is 351 g/mol. The van der Waals surface area contributed by atoms with Gasteiger partial charge in [0.1, 0.15) is 5.75 Å². The van der Waals surface area contributed by atoms with E-state index in [2.05, 4.69) is 14.7 Å². The molecule has 1 aliphatic rings. The van der Waals surface area contributed by atoms with E-state index < -0.39 is 6.36 Å². The van der Waals surface area contributed by atoms with Gasteiger partial charge in [-0.1, -0.05) is 12.1 Å². The third kappa shape index (κ3) is 4.46. The van der Waals surface area contributed by atoms with Gasteiger partial charge in [-0.2, -0.15) is 0 Å². The maximum atomic E-state index is 12.2. The SMILES string of the molecule is O=Cc1cnc(N2CCC(c3ccc(OC(F)(F)F)cc3)CC2)nc1. The minimum atomic E-state index is -4.67. The molecule has 2 heterocycles. The molecule has 1 aromatic heterocycles. The second-order valence-electron chi connectivity index (χ2n) is 5.81. The molecule has 0 spiro atoms. The van der Waals surface area contributed by atoms with E-state index in [4.69, 9.17) is 0 Å². The summed E-state index contributed by atoms with van der Waals surface area (Å²) in [4.78, 5) is 21.0. The molecule has 0 saturated carbocycles. The number of hydrogen-bond donors (Lipinski definition) is 0. The number of anilines is 1. The highest BCUT2D eigenvalue weighted by Crippen LogP contribution is 2.31. The van der Waals surface area contributed by atoms with Crippen molar-refractivity contribution in [3.63, 3.8) is 0 Å². The number of aromatic nitrogens is 2. The largest absolute Gasteiger partial charge is 0.573 e. The molecule has 8 heteroatoms. The molecule has 0 radical (unpaired) electrons. The summed E-state index contributed by atoms with van der Waals surface area (Å²) in [6.45, 7) is 1.48. The number of nitrogens with zero attached hydrogens (tertiary/aromatic N) is 3. The van der Waals surface area contributed by atoms with Gasteiger partial charge in [0.05, 0.1) is 5.56 Å². The Morgan fingerprint density at radius 3 is 2.20 bits per heavy atom. The van der Waals surface area contributed by atoms with Crippen molar-refractivity contribution >= 4 is 12.2 Å². The zero-order valence-electron chi connectivity index (χ0n) is 13.2. The molecule has 0 aliphatic carbocycles. The fraction of sp³-hybridized carbons (Fsp3) is 0.353. The monoisotopic (exact) mass is 351 g/mol. The number of aldehydes is 1. The predicted octanol–water partition coefficient (Wildman–Crippen LogP) is 3.57. The highest BCUT2D eigenvalue weighted by molar-refractivity contribution is 5.73. The first kappa shape index (κ1) is 17.2. The second-order valence-corrected chi connectivity index (χ2v) is 5.81. The van der Waals surface area contributed by atoms with Crippen LogP contribution in [0.3, 0.4) is 0 Å². The normalized spacial score (nSPS) is 15.9. The molecule has 2 aromatic rings. The molecule has 0 amide bonds. The number of alkyl halides is 3. The first-order chi connectivity index (χ1) is 11.9. The molecule has 0 bridgehead atoms. The van der Waals surface area contributed by atoms with Crippen molar-refractivity contribution in [2.24, 2.45) is 0 Å². The smallest absolute Gasteiger partial charge is 0.406 e. The van der Waals surface area contributed by atoms with Crippen LogP contribution in [0, 0.1) is 0 Å². The quantitative estimate of drug-likeness (QED) is 0.788. The highest BCUT2D eigenvalue weighted by atomic mass is 19.4. The van der Waals surface area contributed by atoms with E-state index in [1.807, 2.05) is 4.90 Å². The molecule has 1 saturated heterocycles. The summed E-state index contributed by atoms with van der Waals surface area (Å²) >= 11 is 0. The lowest BCUT2D eigenvalue weighted by Crippen LogP contribution is -2.34. The van der Waals surface area contributed by atoms with Gasteiger partial charge in [-0.15, -0.1) is 13.2 Å². The molecule has 1 fully saturated rings. The van der Waals surface area contributed by atoms with Crippen molar-refractivity contribution in [1.29, 1.82) is 0 Å². The van der Waals surface area contributed by atoms with Gasteiger partial charge in [0.25, 0.3) is 0 Å². The Balaban J connectivity index is 1.59. The minimum absolute atomic E-state index is 0.211. The summed E-state index contributed by atoms with van der Waals surface area (Å²) in [6, 6.07) is 6.04. The van der Waals surface area contributed by atoms with E-state index in [-0.39, 0.29) is 11.7 Å². The summed E-state index contributed by atoms with van der Waals surface area (Å²) in [5, 5.41) is 0. The Kier molecular flexibility index (Phi) is 4.87. The number of benzene rings is 1. The Hall–Kier alpha value is -2.64.